The first kappa shape index (κ1) is 13.5. The van der Waals surface area contributed by atoms with Gasteiger partial charge in [0.25, 0.3) is 5.91 Å². The second kappa shape index (κ2) is 5.80. The van der Waals surface area contributed by atoms with E-state index < -0.39 is 0 Å². The number of aromatic nitrogens is 1. The van der Waals surface area contributed by atoms with Crippen molar-refractivity contribution in [2.45, 2.75) is 19.9 Å². The lowest BCUT2D eigenvalue weighted by Gasteiger charge is -2.20. The van der Waals surface area contributed by atoms with Crippen LogP contribution in [0.4, 0.5) is 0 Å². The molecule has 2 aromatic rings. The number of benzene rings is 1. The molecule has 0 spiro atoms. The van der Waals surface area contributed by atoms with E-state index in [1.165, 1.54) is 0 Å². The fraction of sp³-hybridized carbons (Fsp3) is 0.333. The highest BCUT2D eigenvalue weighted by atomic mass is 16.3. The van der Waals surface area contributed by atoms with Crippen LogP contribution in [0, 0.1) is 5.92 Å². The molecule has 19 heavy (non-hydrogen) atoms. The van der Waals surface area contributed by atoms with E-state index in [0.29, 0.717) is 5.56 Å². The summed E-state index contributed by atoms with van der Waals surface area (Å²) in [5, 5.41) is 13.0. The molecule has 4 heteroatoms. The minimum Gasteiger partial charge on any atom is -0.394 e. The Morgan fingerprint density at radius 3 is 2.74 bits per heavy atom. The van der Waals surface area contributed by atoms with E-state index in [0.717, 1.165) is 10.9 Å². The van der Waals surface area contributed by atoms with E-state index in [9.17, 15) is 9.90 Å². The number of para-hydroxylation sites is 1. The number of nitrogens with one attached hydrogen (secondary N) is 1. The largest absolute Gasteiger partial charge is 0.394 e. The van der Waals surface area contributed by atoms with Gasteiger partial charge in [0.05, 0.1) is 23.7 Å². The third-order valence-corrected chi connectivity index (χ3v) is 3.21. The van der Waals surface area contributed by atoms with Gasteiger partial charge in [-0.05, 0) is 18.1 Å². The van der Waals surface area contributed by atoms with Crippen LogP contribution in [0.25, 0.3) is 10.9 Å². The van der Waals surface area contributed by atoms with Crippen molar-refractivity contribution in [2.75, 3.05) is 6.61 Å². The number of nitrogens with zero attached hydrogens (tertiary/aromatic N) is 1. The first-order valence-corrected chi connectivity index (χ1v) is 6.39. The topological polar surface area (TPSA) is 62.2 Å². The van der Waals surface area contributed by atoms with Crippen LogP contribution in [0.2, 0.25) is 0 Å². The zero-order valence-corrected chi connectivity index (χ0v) is 11.1. The molecule has 0 saturated heterocycles. The summed E-state index contributed by atoms with van der Waals surface area (Å²) >= 11 is 0. The summed E-state index contributed by atoms with van der Waals surface area (Å²) in [6.07, 6.45) is 1.63. The van der Waals surface area contributed by atoms with Crippen LogP contribution in [0.15, 0.2) is 36.5 Å². The molecule has 0 aliphatic heterocycles. The van der Waals surface area contributed by atoms with Gasteiger partial charge in [-0.1, -0.05) is 32.0 Å². The van der Waals surface area contributed by atoms with Crippen molar-refractivity contribution < 1.29 is 9.90 Å². The van der Waals surface area contributed by atoms with Gasteiger partial charge >= 0.3 is 0 Å². The van der Waals surface area contributed by atoms with Gasteiger partial charge in [-0.3, -0.25) is 9.78 Å². The maximum atomic E-state index is 12.3. The van der Waals surface area contributed by atoms with Crippen molar-refractivity contribution in [3.05, 3.63) is 42.1 Å². The lowest BCUT2D eigenvalue weighted by atomic mass is 10.0. The molecule has 0 unspecified atom stereocenters. The Morgan fingerprint density at radius 1 is 1.32 bits per heavy atom. The highest BCUT2D eigenvalue weighted by Crippen LogP contribution is 2.16. The second-order valence-electron chi connectivity index (χ2n) is 4.88. The van der Waals surface area contributed by atoms with Crippen molar-refractivity contribution in [3.8, 4) is 0 Å². The number of carbonyl (C=O) groups is 1. The van der Waals surface area contributed by atoms with Gasteiger partial charge in [-0.2, -0.15) is 0 Å². The summed E-state index contributed by atoms with van der Waals surface area (Å²) in [4.78, 5) is 16.5. The smallest absolute Gasteiger partial charge is 0.252 e. The SMILES string of the molecule is CC(C)[C@@H](CO)NC(=O)c1ccnc2ccccc12. The van der Waals surface area contributed by atoms with Crippen LogP contribution in [0.5, 0.6) is 0 Å². The molecular formula is C15H18N2O2. The summed E-state index contributed by atoms with van der Waals surface area (Å²) in [5.74, 6) is 0.00778. The summed E-state index contributed by atoms with van der Waals surface area (Å²) in [6.45, 7) is 3.87. The van der Waals surface area contributed by atoms with Gasteiger partial charge < -0.3 is 10.4 Å². The molecule has 1 heterocycles. The molecule has 1 atom stereocenters. The third-order valence-electron chi connectivity index (χ3n) is 3.21. The van der Waals surface area contributed by atoms with Crippen molar-refractivity contribution in [3.63, 3.8) is 0 Å². The maximum absolute atomic E-state index is 12.3. The van der Waals surface area contributed by atoms with E-state index in [4.69, 9.17) is 0 Å². The Balaban J connectivity index is 2.31. The maximum Gasteiger partial charge on any atom is 0.252 e. The normalized spacial score (nSPS) is 12.6. The Bertz CT molecular complexity index is 576. The van der Waals surface area contributed by atoms with Crippen molar-refractivity contribution in [1.29, 1.82) is 0 Å². The Labute approximate surface area is 112 Å². The van der Waals surface area contributed by atoms with E-state index in [1.54, 1.807) is 12.3 Å². The quantitative estimate of drug-likeness (QED) is 0.881. The van der Waals surface area contributed by atoms with Gasteiger partial charge in [0.1, 0.15) is 0 Å². The van der Waals surface area contributed by atoms with Gasteiger partial charge in [0.2, 0.25) is 0 Å². The molecular weight excluding hydrogens is 240 g/mol. The second-order valence-corrected chi connectivity index (χ2v) is 4.88. The number of aliphatic hydroxyl groups is 1. The highest BCUT2D eigenvalue weighted by molar-refractivity contribution is 6.06. The lowest BCUT2D eigenvalue weighted by molar-refractivity contribution is 0.0898. The van der Waals surface area contributed by atoms with Gasteiger partial charge in [-0.15, -0.1) is 0 Å². The molecule has 100 valence electrons. The highest BCUT2D eigenvalue weighted by Gasteiger charge is 2.17. The lowest BCUT2D eigenvalue weighted by Crippen LogP contribution is -2.41. The number of pyridine rings is 1. The predicted molar refractivity (Wildman–Crippen MR) is 74.9 cm³/mol. The van der Waals surface area contributed by atoms with Crippen LogP contribution < -0.4 is 5.32 Å². The molecule has 4 nitrogen and oxygen atoms in total. The first-order valence-electron chi connectivity index (χ1n) is 6.39. The molecule has 0 saturated carbocycles. The number of aliphatic hydroxyl groups excluding tert-OH is 1. The number of hydrogen-bond donors (Lipinski definition) is 2. The van der Waals surface area contributed by atoms with E-state index in [-0.39, 0.29) is 24.5 Å². The number of hydrogen-bond acceptors (Lipinski definition) is 3. The molecule has 2 rings (SSSR count). The fourth-order valence-corrected chi connectivity index (χ4v) is 1.96. The Hall–Kier alpha value is -1.94. The van der Waals surface area contributed by atoms with E-state index in [2.05, 4.69) is 10.3 Å². The Kier molecular flexibility index (Phi) is 4.12. The number of fused-ring (bicyclic) bond motifs is 1. The van der Waals surface area contributed by atoms with Crippen LogP contribution in [-0.2, 0) is 0 Å². The van der Waals surface area contributed by atoms with Crippen LogP contribution >= 0.6 is 0 Å². The van der Waals surface area contributed by atoms with Crippen molar-refractivity contribution in [1.82, 2.24) is 10.3 Å². The van der Waals surface area contributed by atoms with Crippen LogP contribution in [0.1, 0.15) is 24.2 Å². The average molecular weight is 258 g/mol. The number of carbonyl (C=O) groups excluding carboxylic acids is 1. The minimum atomic E-state index is -0.237. The van der Waals surface area contributed by atoms with E-state index in [1.807, 2.05) is 38.1 Å². The standard InChI is InChI=1S/C15H18N2O2/c1-10(2)14(9-18)17-15(19)12-7-8-16-13-6-4-3-5-11(12)13/h3-8,10,14,18H,9H2,1-2H3,(H,17,19)/t14-/m1/s1. The zero-order valence-electron chi connectivity index (χ0n) is 11.1. The summed E-state index contributed by atoms with van der Waals surface area (Å²) in [6, 6.07) is 8.99. The molecule has 2 N–H and O–H groups in total. The minimum absolute atomic E-state index is 0.0631. The third kappa shape index (κ3) is 2.90. The molecule has 0 aliphatic carbocycles. The summed E-state index contributed by atoms with van der Waals surface area (Å²) in [5.41, 5.74) is 1.38. The zero-order chi connectivity index (χ0) is 13.8. The summed E-state index contributed by atoms with van der Waals surface area (Å²) < 4.78 is 0. The van der Waals surface area contributed by atoms with Crippen molar-refractivity contribution >= 4 is 16.8 Å². The Morgan fingerprint density at radius 2 is 2.05 bits per heavy atom. The number of rotatable bonds is 4. The van der Waals surface area contributed by atoms with Gasteiger partial charge in [0, 0.05) is 11.6 Å². The monoisotopic (exact) mass is 258 g/mol. The van der Waals surface area contributed by atoms with Crippen LogP contribution in [-0.4, -0.2) is 28.6 Å². The molecule has 0 fully saturated rings. The molecule has 1 amide bonds. The predicted octanol–water partition coefficient (Wildman–Crippen LogP) is 1.98. The molecule has 0 bridgehead atoms. The molecule has 0 aliphatic rings. The van der Waals surface area contributed by atoms with Crippen LogP contribution in [0.3, 0.4) is 0 Å². The van der Waals surface area contributed by atoms with E-state index >= 15 is 0 Å². The first-order chi connectivity index (χ1) is 9.13. The van der Waals surface area contributed by atoms with Gasteiger partial charge in [-0.25, -0.2) is 0 Å². The molecule has 0 radical (unpaired) electrons. The average Bonchev–Trinajstić information content (AvgIpc) is 2.43. The van der Waals surface area contributed by atoms with Crippen molar-refractivity contribution in [2.24, 2.45) is 5.92 Å². The number of amides is 1. The molecule has 1 aromatic carbocycles. The molecule has 1 aromatic heterocycles. The summed E-state index contributed by atoms with van der Waals surface area (Å²) in [7, 11) is 0. The van der Waals surface area contributed by atoms with Gasteiger partial charge in [0.15, 0.2) is 0 Å². The fourth-order valence-electron chi connectivity index (χ4n) is 1.96.